The Kier molecular flexibility index (Phi) is 8.45. The SMILES string of the molecule is CC[C@@H](CO)NC(=O)CCCCBr. The lowest BCUT2D eigenvalue weighted by Crippen LogP contribution is -2.36. The van der Waals surface area contributed by atoms with Gasteiger partial charge in [0, 0.05) is 11.8 Å². The Hall–Kier alpha value is -0.0900. The fourth-order valence-corrected chi connectivity index (χ4v) is 1.35. The van der Waals surface area contributed by atoms with Crippen LogP contribution in [0.25, 0.3) is 0 Å². The van der Waals surface area contributed by atoms with Crippen LogP contribution in [0.4, 0.5) is 0 Å². The number of unbranched alkanes of at least 4 members (excludes halogenated alkanes) is 1. The predicted molar refractivity (Wildman–Crippen MR) is 57.0 cm³/mol. The fraction of sp³-hybridized carbons (Fsp3) is 0.889. The molecule has 0 radical (unpaired) electrons. The lowest BCUT2D eigenvalue weighted by atomic mass is 10.2. The first-order valence-corrected chi connectivity index (χ1v) is 5.82. The van der Waals surface area contributed by atoms with E-state index in [1.54, 1.807) is 0 Å². The van der Waals surface area contributed by atoms with E-state index in [-0.39, 0.29) is 18.6 Å². The molecule has 0 aliphatic rings. The highest BCUT2D eigenvalue weighted by atomic mass is 79.9. The summed E-state index contributed by atoms with van der Waals surface area (Å²) in [6.07, 6.45) is 3.26. The molecular formula is C9H18BrNO2. The summed E-state index contributed by atoms with van der Waals surface area (Å²) in [5.74, 6) is 0.0434. The minimum atomic E-state index is -0.0727. The predicted octanol–water partition coefficient (Wildman–Crippen LogP) is 1.44. The molecule has 0 saturated heterocycles. The average Bonchev–Trinajstić information content (AvgIpc) is 2.14. The second-order valence-corrected chi connectivity index (χ2v) is 3.79. The van der Waals surface area contributed by atoms with E-state index in [2.05, 4.69) is 21.2 Å². The molecule has 0 fully saturated rings. The fourth-order valence-electron chi connectivity index (χ4n) is 0.957. The minimum Gasteiger partial charge on any atom is -0.394 e. The number of aliphatic hydroxyl groups excluding tert-OH is 1. The normalized spacial score (nSPS) is 12.5. The zero-order valence-electron chi connectivity index (χ0n) is 8.05. The van der Waals surface area contributed by atoms with Crippen molar-refractivity contribution in [2.24, 2.45) is 0 Å². The number of amides is 1. The molecule has 0 rings (SSSR count). The van der Waals surface area contributed by atoms with Crippen molar-refractivity contribution in [1.82, 2.24) is 5.32 Å². The number of hydrogen-bond donors (Lipinski definition) is 2. The summed E-state index contributed by atoms with van der Waals surface area (Å²) in [6, 6.07) is -0.0727. The van der Waals surface area contributed by atoms with Crippen LogP contribution in [-0.2, 0) is 4.79 Å². The minimum absolute atomic E-state index is 0.0285. The third kappa shape index (κ3) is 7.02. The molecule has 0 heterocycles. The van der Waals surface area contributed by atoms with Crippen LogP contribution in [0.5, 0.6) is 0 Å². The lowest BCUT2D eigenvalue weighted by Gasteiger charge is -2.13. The summed E-state index contributed by atoms with van der Waals surface area (Å²) < 4.78 is 0. The van der Waals surface area contributed by atoms with Crippen molar-refractivity contribution >= 4 is 21.8 Å². The number of nitrogens with one attached hydrogen (secondary N) is 1. The molecule has 0 aromatic carbocycles. The monoisotopic (exact) mass is 251 g/mol. The highest BCUT2D eigenvalue weighted by Gasteiger charge is 2.07. The third-order valence-electron chi connectivity index (χ3n) is 1.87. The van der Waals surface area contributed by atoms with Crippen molar-refractivity contribution in [3.63, 3.8) is 0 Å². The summed E-state index contributed by atoms with van der Waals surface area (Å²) in [6.45, 7) is 1.97. The topological polar surface area (TPSA) is 49.3 Å². The molecule has 0 aliphatic carbocycles. The van der Waals surface area contributed by atoms with Gasteiger partial charge in [0.2, 0.25) is 5.91 Å². The molecule has 0 aliphatic heterocycles. The Morgan fingerprint density at radius 3 is 2.69 bits per heavy atom. The molecule has 0 spiro atoms. The molecule has 1 atom stereocenters. The van der Waals surface area contributed by atoms with Crippen molar-refractivity contribution < 1.29 is 9.90 Å². The van der Waals surface area contributed by atoms with E-state index >= 15 is 0 Å². The van der Waals surface area contributed by atoms with Gasteiger partial charge in [0.1, 0.15) is 0 Å². The van der Waals surface area contributed by atoms with Gasteiger partial charge in [-0.25, -0.2) is 0 Å². The van der Waals surface area contributed by atoms with Gasteiger partial charge in [-0.15, -0.1) is 0 Å². The Labute approximate surface area is 88.0 Å². The molecule has 0 bridgehead atoms. The second kappa shape index (κ2) is 8.51. The van der Waals surface area contributed by atoms with Crippen LogP contribution in [0.1, 0.15) is 32.6 Å². The van der Waals surface area contributed by atoms with Gasteiger partial charge in [-0.3, -0.25) is 4.79 Å². The van der Waals surface area contributed by atoms with E-state index in [9.17, 15) is 4.79 Å². The van der Waals surface area contributed by atoms with E-state index < -0.39 is 0 Å². The van der Waals surface area contributed by atoms with Crippen LogP contribution in [0, 0.1) is 0 Å². The quantitative estimate of drug-likeness (QED) is 0.532. The molecule has 0 saturated carbocycles. The standard InChI is InChI=1S/C9H18BrNO2/c1-2-8(7-12)11-9(13)5-3-4-6-10/h8,12H,2-7H2,1H3,(H,11,13)/t8-/m0/s1. The number of rotatable bonds is 7. The highest BCUT2D eigenvalue weighted by Crippen LogP contribution is 1.99. The molecule has 4 heteroatoms. The van der Waals surface area contributed by atoms with Gasteiger partial charge in [0.15, 0.2) is 0 Å². The molecule has 0 unspecified atom stereocenters. The van der Waals surface area contributed by atoms with E-state index in [0.29, 0.717) is 6.42 Å². The Balaban J connectivity index is 3.48. The van der Waals surface area contributed by atoms with Crippen LogP contribution >= 0.6 is 15.9 Å². The number of aliphatic hydroxyl groups is 1. The molecule has 3 nitrogen and oxygen atoms in total. The molecule has 13 heavy (non-hydrogen) atoms. The zero-order chi connectivity index (χ0) is 10.1. The van der Waals surface area contributed by atoms with Crippen LogP contribution < -0.4 is 5.32 Å². The average molecular weight is 252 g/mol. The van der Waals surface area contributed by atoms with Gasteiger partial charge in [-0.1, -0.05) is 22.9 Å². The molecule has 0 aromatic rings. The Morgan fingerprint density at radius 1 is 1.54 bits per heavy atom. The third-order valence-corrected chi connectivity index (χ3v) is 2.43. The molecule has 78 valence electrons. The van der Waals surface area contributed by atoms with E-state index in [1.807, 2.05) is 6.92 Å². The smallest absolute Gasteiger partial charge is 0.220 e. The molecule has 0 aromatic heterocycles. The van der Waals surface area contributed by atoms with Crippen LogP contribution in [-0.4, -0.2) is 29.0 Å². The lowest BCUT2D eigenvalue weighted by molar-refractivity contribution is -0.122. The van der Waals surface area contributed by atoms with Crippen molar-refractivity contribution in [3.8, 4) is 0 Å². The summed E-state index contributed by atoms with van der Waals surface area (Å²) >= 11 is 3.31. The van der Waals surface area contributed by atoms with Crippen LogP contribution in [0.15, 0.2) is 0 Å². The zero-order valence-corrected chi connectivity index (χ0v) is 9.64. The van der Waals surface area contributed by atoms with E-state index in [4.69, 9.17) is 5.11 Å². The summed E-state index contributed by atoms with van der Waals surface area (Å²) in [5, 5.41) is 12.5. The summed E-state index contributed by atoms with van der Waals surface area (Å²) in [5.41, 5.74) is 0. The highest BCUT2D eigenvalue weighted by molar-refractivity contribution is 9.09. The van der Waals surface area contributed by atoms with E-state index in [1.165, 1.54) is 0 Å². The second-order valence-electron chi connectivity index (χ2n) is 3.00. The van der Waals surface area contributed by atoms with Gasteiger partial charge in [0.25, 0.3) is 0 Å². The van der Waals surface area contributed by atoms with Gasteiger partial charge in [0.05, 0.1) is 12.6 Å². The first-order valence-electron chi connectivity index (χ1n) is 4.70. The van der Waals surface area contributed by atoms with Crippen LogP contribution in [0.3, 0.4) is 0 Å². The number of carbonyl (C=O) groups excluding carboxylic acids is 1. The number of halogens is 1. The van der Waals surface area contributed by atoms with Crippen molar-refractivity contribution in [3.05, 3.63) is 0 Å². The van der Waals surface area contributed by atoms with Crippen molar-refractivity contribution in [1.29, 1.82) is 0 Å². The summed E-state index contributed by atoms with van der Waals surface area (Å²) in [7, 11) is 0. The van der Waals surface area contributed by atoms with Gasteiger partial charge in [-0.05, 0) is 19.3 Å². The number of carbonyl (C=O) groups is 1. The largest absolute Gasteiger partial charge is 0.394 e. The first-order chi connectivity index (χ1) is 6.24. The molecule has 1 amide bonds. The maximum Gasteiger partial charge on any atom is 0.220 e. The maximum atomic E-state index is 11.2. The van der Waals surface area contributed by atoms with Gasteiger partial charge < -0.3 is 10.4 Å². The maximum absolute atomic E-state index is 11.2. The van der Waals surface area contributed by atoms with Crippen LogP contribution in [0.2, 0.25) is 0 Å². The Bertz CT molecular complexity index is 138. The molecular weight excluding hydrogens is 234 g/mol. The van der Waals surface area contributed by atoms with Gasteiger partial charge in [-0.2, -0.15) is 0 Å². The Morgan fingerprint density at radius 2 is 2.23 bits per heavy atom. The number of hydrogen-bond acceptors (Lipinski definition) is 2. The van der Waals surface area contributed by atoms with Crippen molar-refractivity contribution in [2.75, 3.05) is 11.9 Å². The van der Waals surface area contributed by atoms with E-state index in [0.717, 1.165) is 24.6 Å². The molecule has 2 N–H and O–H groups in total. The number of alkyl halides is 1. The first kappa shape index (κ1) is 12.9. The van der Waals surface area contributed by atoms with Gasteiger partial charge >= 0.3 is 0 Å². The van der Waals surface area contributed by atoms with Crippen molar-refractivity contribution in [2.45, 2.75) is 38.6 Å². The summed E-state index contributed by atoms with van der Waals surface area (Å²) in [4.78, 5) is 11.2.